The largest absolute Gasteiger partial charge is 0.395 e. The molecule has 0 radical (unpaired) electrons. The van der Waals surface area contributed by atoms with E-state index in [9.17, 15) is 18.0 Å². The highest BCUT2D eigenvalue weighted by atomic mass is 32.2. The number of hydrogen-bond donors (Lipinski definition) is 3. The normalized spacial score (nSPS) is 18.3. The van der Waals surface area contributed by atoms with Gasteiger partial charge in [-0.25, -0.2) is 8.42 Å². The van der Waals surface area contributed by atoms with Crippen molar-refractivity contribution in [3.8, 4) is 0 Å². The third-order valence-electron chi connectivity index (χ3n) is 3.82. The number of carbonyl (C=O) groups is 2. The van der Waals surface area contributed by atoms with Gasteiger partial charge in [-0.2, -0.15) is 4.31 Å². The average molecular weight is 385 g/mol. The van der Waals surface area contributed by atoms with Crippen molar-refractivity contribution < 1.29 is 27.9 Å². The molecule has 0 aliphatic carbocycles. The number of carbonyl (C=O) groups excluding carboxylic acids is 2. The standard InChI is InChI=1S/C16H23N3O6S/c1-12-3-5-13(6-4-12)26(23,24)19-8-2-10-25-14(19)11-18-16(22)15(21)17-7-9-20/h3-6,14,20H,2,7-11H2,1H3,(H,17,21)(H,18,22). The molecule has 3 N–H and O–H groups in total. The van der Waals surface area contributed by atoms with E-state index < -0.39 is 28.1 Å². The number of hydrogen-bond acceptors (Lipinski definition) is 6. The zero-order chi connectivity index (χ0) is 19.2. The molecule has 0 aromatic heterocycles. The molecule has 1 aromatic rings. The van der Waals surface area contributed by atoms with Crippen LogP contribution in [-0.2, 0) is 24.3 Å². The van der Waals surface area contributed by atoms with Gasteiger partial charge in [0.05, 0.1) is 24.7 Å². The molecule has 1 atom stereocenters. The molecule has 0 bridgehead atoms. The van der Waals surface area contributed by atoms with Crippen LogP contribution >= 0.6 is 0 Å². The van der Waals surface area contributed by atoms with Crippen molar-refractivity contribution in [3.63, 3.8) is 0 Å². The van der Waals surface area contributed by atoms with Crippen LogP contribution in [0.5, 0.6) is 0 Å². The summed E-state index contributed by atoms with van der Waals surface area (Å²) in [6, 6.07) is 6.47. The second kappa shape index (κ2) is 9.08. The summed E-state index contributed by atoms with van der Waals surface area (Å²) in [5.74, 6) is -1.82. The van der Waals surface area contributed by atoms with Crippen molar-refractivity contribution in [1.29, 1.82) is 0 Å². The zero-order valence-electron chi connectivity index (χ0n) is 14.5. The zero-order valence-corrected chi connectivity index (χ0v) is 15.3. The molecular formula is C16H23N3O6S. The Bertz CT molecular complexity index is 735. The van der Waals surface area contributed by atoms with E-state index in [1.165, 1.54) is 16.4 Å². The van der Waals surface area contributed by atoms with Crippen LogP contribution in [0.15, 0.2) is 29.2 Å². The number of aliphatic hydroxyl groups is 1. The van der Waals surface area contributed by atoms with E-state index in [4.69, 9.17) is 9.84 Å². The molecule has 9 nitrogen and oxygen atoms in total. The lowest BCUT2D eigenvalue weighted by molar-refractivity contribution is -0.140. The minimum absolute atomic E-state index is 0.0416. The van der Waals surface area contributed by atoms with E-state index in [1.807, 2.05) is 6.92 Å². The summed E-state index contributed by atoms with van der Waals surface area (Å²) in [6.07, 6.45) is -0.364. The molecule has 0 spiro atoms. The van der Waals surface area contributed by atoms with Gasteiger partial charge in [-0.3, -0.25) is 9.59 Å². The Morgan fingerprint density at radius 2 is 1.88 bits per heavy atom. The number of nitrogens with one attached hydrogen (secondary N) is 2. The van der Waals surface area contributed by atoms with E-state index in [1.54, 1.807) is 12.1 Å². The maximum absolute atomic E-state index is 12.9. The SMILES string of the molecule is Cc1ccc(S(=O)(=O)N2CCCOC2CNC(=O)C(=O)NCCO)cc1. The summed E-state index contributed by atoms with van der Waals surface area (Å²) < 4.78 is 32.4. The Labute approximate surface area is 152 Å². The highest BCUT2D eigenvalue weighted by Gasteiger charge is 2.34. The van der Waals surface area contributed by atoms with Crippen molar-refractivity contribution in [3.05, 3.63) is 29.8 Å². The van der Waals surface area contributed by atoms with Gasteiger partial charge in [0.2, 0.25) is 10.0 Å². The first-order valence-corrected chi connectivity index (χ1v) is 9.67. The van der Waals surface area contributed by atoms with Crippen LogP contribution in [0.25, 0.3) is 0 Å². The number of sulfonamides is 1. The highest BCUT2D eigenvalue weighted by molar-refractivity contribution is 7.89. The number of ether oxygens (including phenoxy) is 1. The Kier molecular flexibility index (Phi) is 7.09. The molecular weight excluding hydrogens is 362 g/mol. The number of rotatable bonds is 6. The fraction of sp³-hybridized carbons (Fsp3) is 0.500. The highest BCUT2D eigenvalue weighted by Crippen LogP contribution is 2.22. The molecule has 1 aliphatic rings. The summed E-state index contributed by atoms with van der Waals surface area (Å²) in [5, 5.41) is 13.2. The Morgan fingerprint density at radius 1 is 1.23 bits per heavy atom. The minimum Gasteiger partial charge on any atom is -0.395 e. The monoisotopic (exact) mass is 385 g/mol. The fourth-order valence-corrected chi connectivity index (χ4v) is 4.02. The smallest absolute Gasteiger partial charge is 0.309 e. The van der Waals surface area contributed by atoms with Crippen LogP contribution in [0.3, 0.4) is 0 Å². The van der Waals surface area contributed by atoms with Crippen molar-refractivity contribution in [2.24, 2.45) is 0 Å². The first-order valence-electron chi connectivity index (χ1n) is 8.23. The molecule has 10 heteroatoms. The molecule has 1 aliphatic heterocycles. The Hall–Kier alpha value is -2.01. The first kappa shape index (κ1) is 20.3. The van der Waals surface area contributed by atoms with Gasteiger partial charge in [-0.15, -0.1) is 0 Å². The third kappa shape index (κ3) is 5.01. The van der Waals surface area contributed by atoms with Crippen LogP contribution < -0.4 is 10.6 Å². The summed E-state index contributed by atoms with van der Waals surface area (Å²) in [6.45, 7) is 2.00. The second-order valence-electron chi connectivity index (χ2n) is 5.80. The molecule has 1 heterocycles. The van der Waals surface area contributed by atoms with Gasteiger partial charge in [0.1, 0.15) is 6.23 Å². The summed E-state index contributed by atoms with van der Waals surface area (Å²) in [4.78, 5) is 23.4. The summed E-state index contributed by atoms with van der Waals surface area (Å²) >= 11 is 0. The van der Waals surface area contributed by atoms with Crippen LogP contribution in [0.2, 0.25) is 0 Å². The molecule has 1 fully saturated rings. The second-order valence-corrected chi connectivity index (χ2v) is 7.69. The van der Waals surface area contributed by atoms with Crippen molar-refractivity contribution in [1.82, 2.24) is 14.9 Å². The van der Waals surface area contributed by atoms with Gasteiger partial charge >= 0.3 is 11.8 Å². The van der Waals surface area contributed by atoms with E-state index >= 15 is 0 Å². The molecule has 144 valence electrons. The molecule has 1 aromatic carbocycles. The van der Waals surface area contributed by atoms with Gasteiger partial charge < -0.3 is 20.5 Å². The number of benzene rings is 1. The first-order chi connectivity index (χ1) is 12.4. The number of nitrogens with zero attached hydrogens (tertiary/aromatic N) is 1. The van der Waals surface area contributed by atoms with Gasteiger partial charge in [0.15, 0.2) is 0 Å². The Morgan fingerprint density at radius 3 is 2.54 bits per heavy atom. The summed E-state index contributed by atoms with van der Waals surface area (Å²) in [7, 11) is -3.79. The van der Waals surface area contributed by atoms with E-state index in [0.717, 1.165) is 5.56 Å². The van der Waals surface area contributed by atoms with E-state index in [-0.39, 0.29) is 31.1 Å². The molecule has 1 saturated heterocycles. The summed E-state index contributed by atoms with van der Waals surface area (Å²) in [5.41, 5.74) is 0.941. The lowest BCUT2D eigenvalue weighted by atomic mass is 10.2. The van der Waals surface area contributed by atoms with Crippen LogP contribution in [0, 0.1) is 6.92 Å². The Balaban J connectivity index is 2.06. The van der Waals surface area contributed by atoms with Crippen LogP contribution in [-0.4, -0.2) is 68.7 Å². The van der Waals surface area contributed by atoms with E-state index in [2.05, 4.69) is 10.6 Å². The lowest BCUT2D eigenvalue weighted by Gasteiger charge is -2.34. The molecule has 2 amide bonds. The molecule has 2 rings (SSSR count). The fourth-order valence-electron chi connectivity index (χ4n) is 2.46. The van der Waals surface area contributed by atoms with Crippen LogP contribution in [0.4, 0.5) is 0 Å². The number of aryl methyl sites for hydroxylation is 1. The minimum atomic E-state index is -3.79. The maximum atomic E-state index is 12.9. The van der Waals surface area contributed by atoms with Gasteiger partial charge in [0, 0.05) is 13.1 Å². The van der Waals surface area contributed by atoms with Crippen molar-refractivity contribution in [2.45, 2.75) is 24.5 Å². The van der Waals surface area contributed by atoms with Crippen molar-refractivity contribution in [2.75, 3.05) is 32.8 Å². The number of amides is 2. The van der Waals surface area contributed by atoms with Gasteiger partial charge in [-0.05, 0) is 25.5 Å². The predicted molar refractivity (Wildman–Crippen MR) is 92.5 cm³/mol. The average Bonchev–Trinajstić information content (AvgIpc) is 2.64. The predicted octanol–water partition coefficient (Wildman–Crippen LogP) is -1.04. The third-order valence-corrected chi connectivity index (χ3v) is 5.73. The maximum Gasteiger partial charge on any atom is 0.309 e. The van der Waals surface area contributed by atoms with Crippen LogP contribution in [0.1, 0.15) is 12.0 Å². The van der Waals surface area contributed by atoms with E-state index in [0.29, 0.717) is 13.0 Å². The topological polar surface area (TPSA) is 125 Å². The molecule has 1 unspecified atom stereocenters. The van der Waals surface area contributed by atoms with Gasteiger partial charge in [-0.1, -0.05) is 17.7 Å². The molecule has 26 heavy (non-hydrogen) atoms. The van der Waals surface area contributed by atoms with Gasteiger partial charge in [0.25, 0.3) is 0 Å². The van der Waals surface area contributed by atoms with Crippen molar-refractivity contribution >= 4 is 21.8 Å². The lowest BCUT2D eigenvalue weighted by Crippen LogP contribution is -2.53. The molecule has 0 saturated carbocycles. The quantitative estimate of drug-likeness (QED) is 0.537. The number of aliphatic hydroxyl groups excluding tert-OH is 1.